The minimum Gasteiger partial charge on any atom is -0.385 e. The molecule has 11 heavy (non-hydrogen) atoms. The summed E-state index contributed by atoms with van der Waals surface area (Å²) >= 11 is 0. The van der Waals surface area contributed by atoms with E-state index in [1.165, 1.54) is 0 Å². The van der Waals surface area contributed by atoms with Gasteiger partial charge < -0.3 is 10.5 Å². The Morgan fingerprint density at radius 1 is 1.45 bits per heavy atom. The maximum absolute atomic E-state index is 6.02. The first kappa shape index (κ1) is 10.9. The molecule has 68 valence electrons. The lowest BCUT2D eigenvalue weighted by atomic mass is 9.89. The number of rotatable bonds is 5. The van der Waals surface area contributed by atoms with Gasteiger partial charge in [0, 0.05) is 19.3 Å². The van der Waals surface area contributed by atoms with Gasteiger partial charge in [0.05, 0.1) is 0 Å². The Labute approximate surface area is 70.1 Å². The van der Waals surface area contributed by atoms with Crippen molar-refractivity contribution >= 4 is 0 Å². The van der Waals surface area contributed by atoms with E-state index in [4.69, 9.17) is 10.5 Å². The van der Waals surface area contributed by atoms with Gasteiger partial charge in [-0.15, -0.1) is 0 Å². The van der Waals surface area contributed by atoms with Crippen LogP contribution in [0.5, 0.6) is 0 Å². The standard InChI is InChI=1S/C9H21NO/c1-8(2)7-9(3,10)5-6-11-4/h8H,5-7,10H2,1-4H3. The van der Waals surface area contributed by atoms with Gasteiger partial charge in [-0.1, -0.05) is 13.8 Å². The summed E-state index contributed by atoms with van der Waals surface area (Å²) in [4.78, 5) is 0. The number of hydrogen-bond donors (Lipinski definition) is 1. The SMILES string of the molecule is COCCC(C)(N)CC(C)C. The quantitative estimate of drug-likeness (QED) is 0.663. The molecule has 0 aliphatic heterocycles. The van der Waals surface area contributed by atoms with Crippen LogP contribution in [-0.2, 0) is 4.74 Å². The second-order valence-corrected chi connectivity index (χ2v) is 3.99. The van der Waals surface area contributed by atoms with Gasteiger partial charge in [0.1, 0.15) is 0 Å². The summed E-state index contributed by atoms with van der Waals surface area (Å²) < 4.78 is 4.98. The Morgan fingerprint density at radius 3 is 2.36 bits per heavy atom. The molecule has 1 unspecified atom stereocenters. The lowest BCUT2D eigenvalue weighted by molar-refractivity contribution is 0.165. The van der Waals surface area contributed by atoms with Gasteiger partial charge in [-0.25, -0.2) is 0 Å². The third-order valence-corrected chi connectivity index (χ3v) is 1.75. The zero-order valence-corrected chi connectivity index (χ0v) is 8.18. The molecule has 0 heterocycles. The van der Waals surface area contributed by atoms with Crippen molar-refractivity contribution in [1.82, 2.24) is 0 Å². The van der Waals surface area contributed by atoms with Gasteiger partial charge >= 0.3 is 0 Å². The summed E-state index contributed by atoms with van der Waals surface area (Å²) in [6.07, 6.45) is 2.01. The van der Waals surface area contributed by atoms with Crippen LogP contribution in [0, 0.1) is 5.92 Å². The molecular formula is C9H21NO. The van der Waals surface area contributed by atoms with Crippen LogP contribution in [0.25, 0.3) is 0 Å². The smallest absolute Gasteiger partial charge is 0.0479 e. The summed E-state index contributed by atoms with van der Waals surface area (Å²) in [6.45, 7) is 7.24. The number of methoxy groups -OCH3 is 1. The van der Waals surface area contributed by atoms with E-state index in [0.29, 0.717) is 5.92 Å². The maximum atomic E-state index is 6.02. The van der Waals surface area contributed by atoms with Gasteiger partial charge in [-0.05, 0) is 25.7 Å². The van der Waals surface area contributed by atoms with E-state index in [9.17, 15) is 0 Å². The first-order valence-electron chi connectivity index (χ1n) is 4.26. The Morgan fingerprint density at radius 2 is 2.00 bits per heavy atom. The van der Waals surface area contributed by atoms with Crippen molar-refractivity contribution in [1.29, 1.82) is 0 Å². The van der Waals surface area contributed by atoms with Crippen molar-refractivity contribution in [3.63, 3.8) is 0 Å². The molecule has 0 saturated heterocycles. The summed E-state index contributed by atoms with van der Waals surface area (Å²) in [7, 11) is 1.71. The van der Waals surface area contributed by atoms with Crippen molar-refractivity contribution in [3.05, 3.63) is 0 Å². The monoisotopic (exact) mass is 159 g/mol. The van der Waals surface area contributed by atoms with Crippen LogP contribution < -0.4 is 5.73 Å². The molecule has 0 saturated carbocycles. The van der Waals surface area contributed by atoms with Crippen molar-refractivity contribution in [2.75, 3.05) is 13.7 Å². The fraction of sp³-hybridized carbons (Fsp3) is 1.00. The Balaban J connectivity index is 3.61. The molecule has 0 aliphatic rings. The molecule has 2 heteroatoms. The Kier molecular flexibility index (Phi) is 4.69. The average molecular weight is 159 g/mol. The Hall–Kier alpha value is -0.0800. The lowest BCUT2D eigenvalue weighted by Gasteiger charge is -2.26. The summed E-state index contributed by atoms with van der Waals surface area (Å²) in [5.74, 6) is 0.668. The second kappa shape index (κ2) is 4.73. The summed E-state index contributed by atoms with van der Waals surface area (Å²) in [5, 5.41) is 0. The zero-order valence-electron chi connectivity index (χ0n) is 8.18. The first-order chi connectivity index (χ1) is 4.98. The van der Waals surface area contributed by atoms with Gasteiger partial charge in [-0.3, -0.25) is 0 Å². The molecule has 0 amide bonds. The molecule has 2 N–H and O–H groups in total. The van der Waals surface area contributed by atoms with Crippen LogP contribution in [0.4, 0.5) is 0 Å². The minimum atomic E-state index is -0.0514. The molecule has 0 rings (SSSR count). The zero-order chi connectivity index (χ0) is 8.91. The van der Waals surface area contributed by atoms with E-state index >= 15 is 0 Å². The average Bonchev–Trinajstić information content (AvgIpc) is 1.81. The summed E-state index contributed by atoms with van der Waals surface area (Å²) in [6, 6.07) is 0. The molecule has 0 aromatic rings. The van der Waals surface area contributed by atoms with Crippen LogP contribution in [0.15, 0.2) is 0 Å². The Bertz CT molecular complexity index is 99.7. The highest BCUT2D eigenvalue weighted by atomic mass is 16.5. The van der Waals surface area contributed by atoms with Crippen LogP contribution in [0.2, 0.25) is 0 Å². The molecule has 1 atom stereocenters. The topological polar surface area (TPSA) is 35.2 Å². The fourth-order valence-electron chi connectivity index (χ4n) is 1.37. The van der Waals surface area contributed by atoms with E-state index in [1.54, 1.807) is 7.11 Å². The molecule has 0 fully saturated rings. The van der Waals surface area contributed by atoms with E-state index < -0.39 is 0 Å². The van der Waals surface area contributed by atoms with Crippen molar-refractivity contribution < 1.29 is 4.74 Å². The molecule has 0 aliphatic carbocycles. The number of nitrogens with two attached hydrogens (primary N) is 1. The predicted octanol–water partition coefficient (Wildman–Crippen LogP) is 1.79. The van der Waals surface area contributed by atoms with Crippen molar-refractivity contribution in [3.8, 4) is 0 Å². The van der Waals surface area contributed by atoms with Crippen LogP contribution in [-0.4, -0.2) is 19.3 Å². The molecule has 0 spiro atoms. The van der Waals surface area contributed by atoms with E-state index in [1.807, 2.05) is 0 Å². The van der Waals surface area contributed by atoms with Crippen LogP contribution in [0.1, 0.15) is 33.6 Å². The van der Waals surface area contributed by atoms with Crippen molar-refractivity contribution in [2.45, 2.75) is 39.2 Å². The van der Waals surface area contributed by atoms with Gasteiger partial charge in [-0.2, -0.15) is 0 Å². The maximum Gasteiger partial charge on any atom is 0.0479 e. The van der Waals surface area contributed by atoms with E-state index in [2.05, 4.69) is 20.8 Å². The molecular weight excluding hydrogens is 138 g/mol. The van der Waals surface area contributed by atoms with E-state index in [0.717, 1.165) is 19.4 Å². The largest absolute Gasteiger partial charge is 0.385 e. The normalized spacial score (nSPS) is 16.9. The highest BCUT2D eigenvalue weighted by Gasteiger charge is 2.18. The molecule has 0 aromatic heterocycles. The van der Waals surface area contributed by atoms with Gasteiger partial charge in [0.25, 0.3) is 0 Å². The van der Waals surface area contributed by atoms with Crippen LogP contribution >= 0.6 is 0 Å². The van der Waals surface area contributed by atoms with Gasteiger partial charge in [0.2, 0.25) is 0 Å². The van der Waals surface area contributed by atoms with Crippen molar-refractivity contribution in [2.24, 2.45) is 11.7 Å². The van der Waals surface area contributed by atoms with Crippen LogP contribution in [0.3, 0.4) is 0 Å². The van der Waals surface area contributed by atoms with Gasteiger partial charge in [0.15, 0.2) is 0 Å². The fourth-order valence-corrected chi connectivity index (χ4v) is 1.37. The third-order valence-electron chi connectivity index (χ3n) is 1.75. The highest BCUT2D eigenvalue weighted by Crippen LogP contribution is 2.16. The molecule has 2 nitrogen and oxygen atoms in total. The molecule has 0 aromatic carbocycles. The number of ether oxygens (including phenoxy) is 1. The molecule has 0 bridgehead atoms. The molecule has 0 radical (unpaired) electrons. The van der Waals surface area contributed by atoms with E-state index in [-0.39, 0.29) is 5.54 Å². The highest BCUT2D eigenvalue weighted by molar-refractivity contribution is 4.79. The second-order valence-electron chi connectivity index (χ2n) is 3.99. The lowest BCUT2D eigenvalue weighted by Crippen LogP contribution is -2.38. The predicted molar refractivity (Wildman–Crippen MR) is 48.5 cm³/mol. The summed E-state index contributed by atoms with van der Waals surface area (Å²) in [5.41, 5.74) is 5.97. The first-order valence-corrected chi connectivity index (χ1v) is 4.26. The third kappa shape index (κ3) is 6.32. The number of hydrogen-bond acceptors (Lipinski definition) is 2. The minimum absolute atomic E-state index is 0.0514.